The van der Waals surface area contributed by atoms with Gasteiger partial charge in [-0.2, -0.15) is 0 Å². The quantitative estimate of drug-likeness (QED) is 0.570. The van der Waals surface area contributed by atoms with Crippen molar-refractivity contribution in [2.75, 3.05) is 6.61 Å². The number of aliphatic hydroxyl groups excluding tert-OH is 1. The molecule has 54 valence electrons. The Morgan fingerprint density at radius 2 is 2.22 bits per heavy atom. The zero-order chi connectivity index (χ0) is 6.69. The van der Waals surface area contributed by atoms with Crippen LogP contribution in [0.5, 0.6) is 0 Å². The van der Waals surface area contributed by atoms with Crippen molar-refractivity contribution in [1.29, 1.82) is 0 Å². The highest BCUT2D eigenvalue weighted by Gasteiger charge is 2.20. The monoisotopic (exact) mass is 129 g/mol. The van der Waals surface area contributed by atoms with E-state index < -0.39 is 0 Å². The van der Waals surface area contributed by atoms with Crippen LogP contribution in [0.1, 0.15) is 25.7 Å². The summed E-state index contributed by atoms with van der Waals surface area (Å²) in [5, 5.41) is 8.57. The first-order chi connectivity index (χ1) is 4.33. The third-order valence-electron chi connectivity index (χ3n) is 2.12. The zero-order valence-electron chi connectivity index (χ0n) is 5.71. The van der Waals surface area contributed by atoms with E-state index in [0.717, 1.165) is 19.3 Å². The topological polar surface area (TPSA) is 46.2 Å². The minimum Gasteiger partial charge on any atom is -0.396 e. The molecule has 0 aromatic heterocycles. The van der Waals surface area contributed by atoms with Crippen LogP contribution in [0.2, 0.25) is 0 Å². The molecule has 0 spiro atoms. The minimum atomic E-state index is 0.331. The molecule has 2 nitrogen and oxygen atoms in total. The summed E-state index contributed by atoms with van der Waals surface area (Å²) >= 11 is 0. The van der Waals surface area contributed by atoms with Crippen molar-refractivity contribution >= 4 is 0 Å². The Morgan fingerprint density at radius 1 is 1.44 bits per heavy atom. The highest BCUT2D eigenvalue weighted by atomic mass is 16.3. The van der Waals surface area contributed by atoms with E-state index in [0.29, 0.717) is 18.6 Å². The molecule has 1 rings (SSSR count). The standard InChI is InChI=1S/C7H15NO/c8-7-2-1-6(5-7)3-4-9/h6-7,9H,1-5,8H2/t6-,7+/m0/s1. The molecule has 0 saturated heterocycles. The second-order valence-corrected chi connectivity index (χ2v) is 2.95. The molecule has 9 heavy (non-hydrogen) atoms. The highest BCUT2D eigenvalue weighted by Crippen LogP contribution is 2.26. The van der Waals surface area contributed by atoms with E-state index in [4.69, 9.17) is 10.8 Å². The average Bonchev–Trinajstić information content (AvgIpc) is 2.17. The molecule has 0 unspecified atom stereocenters. The molecule has 2 heteroatoms. The van der Waals surface area contributed by atoms with E-state index in [1.54, 1.807) is 0 Å². The predicted octanol–water partition coefficient (Wildman–Crippen LogP) is 0.496. The van der Waals surface area contributed by atoms with Crippen LogP contribution in [-0.2, 0) is 0 Å². The number of nitrogens with two attached hydrogens (primary N) is 1. The maximum absolute atomic E-state index is 8.57. The molecular weight excluding hydrogens is 114 g/mol. The van der Waals surface area contributed by atoms with Crippen LogP contribution in [0.25, 0.3) is 0 Å². The first-order valence-electron chi connectivity index (χ1n) is 3.69. The van der Waals surface area contributed by atoms with Crippen molar-refractivity contribution in [2.45, 2.75) is 31.7 Å². The van der Waals surface area contributed by atoms with E-state index in [-0.39, 0.29) is 0 Å². The molecule has 0 heterocycles. The Labute approximate surface area is 56.1 Å². The third kappa shape index (κ3) is 1.95. The maximum atomic E-state index is 8.57. The van der Waals surface area contributed by atoms with Gasteiger partial charge in [0.1, 0.15) is 0 Å². The molecule has 0 aromatic rings. The molecule has 0 radical (unpaired) electrons. The van der Waals surface area contributed by atoms with E-state index in [1.807, 2.05) is 0 Å². The lowest BCUT2D eigenvalue weighted by atomic mass is 10.1. The SMILES string of the molecule is N[C@@H]1CC[C@@H](CCO)C1. The van der Waals surface area contributed by atoms with E-state index in [1.165, 1.54) is 6.42 Å². The van der Waals surface area contributed by atoms with Crippen LogP contribution >= 0.6 is 0 Å². The number of hydrogen-bond donors (Lipinski definition) is 2. The molecule has 1 aliphatic rings. The lowest BCUT2D eigenvalue weighted by Crippen LogP contribution is -2.14. The molecule has 2 atom stereocenters. The predicted molar refractivity (Wildman–Crippen MR) is 37.0 cm³/mol. The Kier molecular flexibility index (Phi) is 2.49. The summed E-state index contributed by atoms with van der Waals surface area (Å²) in [7, 11) is 0. The third-order valence-corrected chi connectivity index (χ3v) is 2.12. The summed E-state index contributed by atoms with van der Waals surface area (Å²) in [4.78, 5) is 0. The van der Waals surface area contributed by atoms with Gasteiger partial charge < -0.3 is 10.8 Å². The smallest absolute Gasteiger partial charge is 0.0433 e. The largest absolute Gasteiger partial charge is 0.396 e. The summed E-state index contributed by atoms with van der Waals surface area (Å²) < 4.78 is 0. The van der Waals surface area contributed by atoms with E-state index in [9.17, 15) is 0 Å². The Bertz CT molecular complexity index is 83.0. The van der Waals surface area contributed by atoms with Gasteiger partial charge in [-0.3, -0.25) is 0 Å². The molecule has 0 bridgehead atoms. The Morgan fingerprint density at radius 3 is 2.67 bits per heavy atom. The lowest BCUT2D eigenvalue weighted by Gasteiger charge is -2.04. The van der Waals surface area contributed by atoms with E-state index >= 15 is 0 Å². The molecule has 0 aliphatic heterocycles. The molecule has 1 saturated carbocycles. The molecule has 0 aromatic carbocycles. The molecule has 3 N–H and O–H groups in total. The van der Waals surface area contributed by atoms with Crippen molar-refractivity contribution in [3.05, 3.63) is 0 Å². The van der Waals surface area contributed by atoms with Crippen LogP contribution in [0.3, 0.4) is 0 Å². The van der Waals surface area contributed by atoms with Gasteiger partial charge in [0, 0.05) is 12.6 Å². The van der Waals surface area contributed by atoms with Gasteiger partial charge >= 0.3 is 0 Å². The van der Waals surface area contributed by atoms with Crippen molar-refractivity contribution in [1.82, 2.24) is 0 Å². The summed E-state index contributed by atoms with van der Waals surface area (Å²) in [6.45, 7) is 0.331. The first kappa shape index (κ1) is 7.03. The average molecular weight is 129 g/mol. The Hall–Kier alpha value is -0.0800. The van der Waals surface area contributed by atoms with Gasteiger partial charge in [-0.05, 0) is 31.6 Å². The van der Waals surface area contributed by atoms with Crippen molar-refractivity contribution in [3.8, 4) is 0 Å². The molecule has 1 fully saturated rings. The fraction of sp³-hybridized carbons (Fsp3) is 1.00. The molecule has 1 aliphatic carbocycles. The fourth-order valence-electron chi connectivity index (χ4n) is 1.56. The number of rotatable bonds is 2. The van der Waals surface area contributed by atoms with Gasteiger partial charge in [-0.15, -0.1) is 0 Å². The fourth-order valence-corrected chi connectivity index (χ4v) is 1.56. The normalized spacial score (nSPS) is 35.3. The minimum absolute atomic E-state index is 0.331. The van der Waals surface area contributed by atoms with Crippen LogP contribution in [0.15, 0.2) is 0 Å². The van der Waals surface area contributed by atoms with Gasteiger partial charge in [0.15, 0.2) is 0 Å². The van der Waals surface area contributed by atoms with Gasteiger partial charge in [0.25, 0.3) is 0 Å². The van der Waals surface area contributed by atoms with Crippen LogP contribution < -0.4 is 5.73 Å². The Balaban J connectivity index is 2.14. The number of aliphatic hydroxyl groups is 1. The summed E-state index contributed by atoms with van der Waals surface area (Å²) in [6, 6.07) is 0.418. The van der Waals surface area contributed by atoms with Crippen LogP contribution in [-0.4, -0.2) is 17.8 Å². The van der Waals surface area contributed by atoms with Gasteiger partial charge in [0.05, 0.1) is 0 Å². The van der Waals surface area contributed by atoms with Crippen molar-refractivity contribution in [3.63, 3.8) is 0 Å². The molecular formula is C7H15NO. The van der Waals surface area contributed by atoms with Crippen LogP contribution in [0.4, 0.5) is 0 Å². The highest BCUT2D eigenvalue weighted by molar-refractivity contribution is 4.77. The maximum Gasteiger partial charge on any atom is 0.0433 e. The van der Waals surface area contributed by atoms with Crippen molar-refractivity contribution in [2.24, 2.45) is 11.7 Å². The summed E-state index contributed by atoms with van der Waals surface area (Å²) in [5.74, 6) is 0.713. The van der Waals surface area contributed by atoms with Crippen LogP contribution in [0, 0.1) is 5.92 Å². The molecule has 0 amide bonds. The van der Waals surface area contributed by atoms with Gasteiger partial charge in [-0.1, -0.05) is 0 Å². The van der Waals surface area contributed by atoms with Crippen molar-refractivity contribution < 1.29 is 5.11 Å². The van der Waals surface area contributed by atoms with E-state index in [2.05, 4.69) is 0 Å². The summed E-state index contributed by atoms with van der Waals surface area (Å²) in [6.07, 6.45) is 4.46. The van der Waals surface area contributed by atoms with Gasteiger partial charge in [0.2, 0.25) is 0 Å². The second-order valence-electron chi connectivity index (χ2n) is 2.95. The lowest BCUT2D eigenvalue weighted by molar-refractivity contribution is 0.258. The first-order valence-corrected chi connectivity index (χ1v) is 3.69. The zero-order valence-corrected chi connectivity index (χ0v) is 5.71. The number of hydrogen-bond acceptors (Lipinski definition) is 2. The van der Waals surface area contributed by atoms with Gasteiger partial charge in [-0.25, -0.2) is 0 Å². The summed E-state index contributed by atoms with van der Waals surface area (Å²) in [5.41, 5.74) is 5.67. The second kappa shape index (κ2) is 3.18.